The molecule has 0 aromatic heterocycles. The first-order valence-electron chi connectivity index (χ1n) is 10.3. The Labute approximate surface area is 174 Å². The van der Waals surface area contributed by atoms with Crippen LogP contribution < -0.4 is 20.1 Å². The highest BCUT2D eigenvalue weighted by Gasteiger charge is 2.27. The Balaban J connectivity index is 1.74. The maximum Gasteiger partial charge on any atom is 0.234 e. The summed E-state index contributed by atoms with van der Waals surface area (Å²) in [6, 6.07) is 5.78. The molecule has 1 heterocycles. The summed E-state index contributed by atoms with van der Waals surface area (Å²) in [7, 11) is 3.19. The zero-order valence-corrected chi connectivity index (χ0v) is 18.3. The van der Waals surface area contributed by atoms with Crippen LogP contribution in [0.3, 0.4) is 0 Å². The lowest BCUT2D eigenvalue weighted by molar-refractivity contribution is -0.127. The van der Waals surface area contributed by atoms with Gasteiger partial charge in [0, 0.05) is 18.5 Å². The average Bonchev–Trinajstić information content (AvgIpc) is 2.72. The second kappa shape index (κ2) is 11.0. The predicted molar refractivity (Wildman–Crippen MR) is 113 cm³/mol. The van der Waals surface area contributed by atoms with E-state index in [1.54, 1.807) is 14.2 Å². The van der Waals surface area contributed by atoms with Gasteiger partial charge in [0.1, 0.15) is 0 Å². The fourth-order valence-electron chi connectivity index (χ4n) is 3.31. The SMILES string of the molecule is COc1ccc(CNC(=O)CN2CCC(C(=O)NC(C)C(C)C)CC2)cc1OC. The molecule has 1 unspecified atom stereocenters. The number of benzene rings is 1. The molecule has 2 rings (SSSR count). The van der Waals surface area contributed by atoms with Crippen LogP contribution >= 0.6 is 0 Å². The second-order valence-corrected chi connectivity index (χ2v) is 8.06. The monoisotopic (exact) mass is 405 g/mol. The fraction of sp³-hybridized carbons (Fsp3) is 0.636. The number of ether oxygens (including phenoxy) is 2. The normalized spacial score (nSPS) is 16.3. The number of nitrogens with one attached hydrogen (secondary N) is 2. The standard InChI is InChI=1S/C22H35N3O4/c1-15(2)16(3)24-22(27)18-8-10-25(11-9-18)14-21(26)23-13-17-6-7-19(28-4)20(12-17)29-5/h6-7,12,15-16,18H,8-11,13-14H2,1-5H3,(H,23,26)(H,24,27). The first-order chi connectivity index (χ1) is 13.8. The minimum absolute atomic E-state index is 0.0175. The number of methoxy groups -OCH3 is 2. The van der Waals surface area contributed by atoms with Crippen molar-refractivity contribution in [2.75, 3.05) is 33.9 Å². The summed E-state index contributed by atoms with van der Waals surface area (Å²) in [5, 5.41) is 6.06. The van der Waals surface area contributed by atoms with Gasteiger partial charge in [-0.25, -0.2) is 0 Å². The molecule has 1 fully saturated rings. The molecule has 162 valence electrons. The first kappa shape index (κ1) is 23.0. The van der Waals surface area contributed by atoms with E-state index in [-0.39, 0.29) is 23.8 Å². The van der Waals surface area contributed by atoms with Crippen LogP contribution in [0.25, 0.3) is 0 Å². The van der Waals surface area contributed by atoms with Gasteiger partial charge < -0.3 is 20.1 Å². The van der Waals surface area contributed by atoms with Crippen molar-refractivity contribution in [2.45, 2.75) is 46.2 Å². The molecule has 1 aliphatic heterocycles. The Morgan fingerprint density at radius 2 is 1.76 bits per heavy atom. The van der Waals surface area contributed by atoms with Crippen molar-refractivity contribution >= 4 is 11.8 Å². The van der Waals surface area contributed by atoms with Crippen LogP contribution in [-0.2, 0) is 16.1 Å². The van der Waals surface area contributed by atoms with Gasteiger partial charge in [-0.3, -0.25) is 14.5 Å². The maximum absolute atomic E-state index is 12.4. The Morgan fingerprint density at radius 1 is 1.10 bits per heavy atom. The van der Waals surface area contributed by atoms with Gasteiger partial charge in [0.15, 0.2) is 11.5 Å². The minimum Gasteiger partial charge on any atom is -0.493 e. The van der Waals surface area contributed by atoms with Gasteiger partial charge in [-0.1, -0.05) is 19.9 Å². The summed E-state index contributed by atoms with van der Waals surface area (Å²) in [6.45, 7) is 8.56. The molecule has 2 N–H and O–H groups in total. The molecule has 0 radical (unpaired) electrons. The van der Waals surface area contributed by atoms with Crippen molar-refractivity contribution in [3.8, 4) is 11.5 Å². The van der Waals surface area contributed by atoms with Crippen molar-refractivity contribution < 1.29 is 19.1 Å². The summed E-state index contributed by atoms with van der Waals surface area (Å²) in [5.74, 6) is 1.90. The second-order valence-electron chi connectivity index (χ2n) is 8.06. The van der Waals surface area contributed by atoms with E-state index in [4.69, 9.17) is 9.47 Å². The van der Waals surface area contributed by atoms with Crippen molar-refractivity contribution in [3.63, 3.8) is 0 Å². The lowest BCUT2D eigenvalue weighted by atomic mass is 9.95. The zero-order valence-electron chi connectivity index (χ0n) is 18.3. The summed E-state index contributed by atoms with van der Waals surface area (Å²) in [5.41, 5.74) is 0.950. The van der Waals surface area contributed by atoms with Crippen molar-refractivity contribution in [1.29, 1.82) is 0 Å². The number of likely N-dealkylation sites (tertiary alicyclic amines) is 1. The summed E-state index contributed by atoms with van der Waals surface area (Å²) in [4.78, 5) is 26.8. The van der Waals surface area contributed by atoms with Crippen LogP contribution in [0.15, 0.2) is 18.2 Å². The summed E-state index contributed by atoms with van der Waals surface area (Å²) in [6.07, 6.45) is 1.58. The van der Waals surface area contributed by atoms with Crippen molar-refractivity contribution in [1.82, 2.24) is 15.5 Å². The molecule has 0 aliphatic carbocycles. The van der Waals surface area contributed by atoms with Crippen LogP contribution in [0.2, 0.25) is 0 Å². The Hall–Kier alpha value is -2.28. The van der Waals surface area contributed by atoms with Gasteiger partial charge >= 0.3 is 0 Å². The molecule has 2 amide bonds. The quantitative estimate of drug-likeness (QED) is 0.658. The predicted octanol–water partition coefficient (Wildman–Crippen LogP) is 2.19. The third kappa shape index (κ3) is 6.92. The summed E-state index contributed by atoms with van der Waals surface area (Å²) >= 11 is 0. The van der Waals surface area contributed by atoms with E-state index < -0.39 is 0 Å². The molecule has 1 aromatic carbocycles. The van der Waals surface area contributed by atoms with Crippen LogP contribution in [0.5, 0.6) is 11.5 Å². The molecule has 1 saturated heterocycles. The number of hydrogen-bond acceptors (Lipinski definition) is 5. The lowest BCUT2D eigenvalue weighted by Gasteiger charge is -2.31. The largest absolute Gasteiger partial charge is 0.493 e. The van der Waals surface area contributed by atoms with Crippen LogP contribution in [0.1, 0.15) is 39.2 Å². The number of rotatable bonds is 9. The van der Waals surface area contributed by atoms with E-state index in [2.05, 4.69) is 29.4 Å². The average molecular weight is 406 g/mol. The third-order valence-electron chi connectivity index (χ3n) is 5.63. The van der Waals surface area contributed by atoms with Gasteiger partial charge in [-0.2, -0.15) is 0 Å². The van der Waals surface area contributed by atoms with Gasteiger partial charge in [0.2, 0.25) is 11.8 Å². The van der Waals surface area contributed by atoms with E-state index in [9.17, 15) is 9.59 Å². The van der Waals surface area contributed by atoms with E-state index >= 15 is 0 Å². The number of carbonyl (C=O) groups is 2. The third-order valence-corrected chi connectivity index (χ3v) is 5.63. The van der Waals surface area contributed by atoms with Gasteiger partial charge in [0.25, 0.3) is 0 Å². The molecular formula is C22H35N3O4. The van der Waals surface area contributed by atoms with E-state index in [0.29, 0.717) is 30.5 Å². The topological polar surface area (TPSA) is 79.9 Å². The molecule has 1 aliphatic rings. The molecule has 1 atom stereocenters. The van der Waals surface area contributed by atoms with E-state index in [1.165, 1.54) is 0 Å². The molecule has 0 bridgehead atoms. The molecule has 0 spiro atoms. The van der Waals surface area contributed by atoms with Crippen molar-refractivity contribution in [3.05, 3.63) is 23.8 Å². The Kier molecular flexibility index (Phi) is 8.76. The van der Waals surface area contributed by atoms with Gasteiger partial charge in [0.05, 0.1) is 20.8 Å². The fourth-order valence-corrected chi connectivity index (χ4v) is 3.31. The lowest BCUT2D eigenvalue weighted by Crippen LogP contribution is -2.46. The molecular weight excluding hydrogens is 370 g/mol. The number of nitrogens with zero attached hydrogens (tertiary/aromatic N) is 1. The molecule has 7 nitrogen and oxygen atoms in total. The number of piperidine rings is 1. The maximum atomic E-state index is 12.4. The van der Waals surface area contributed by atoms with Crippen LogP contribution in [0.4, 0.5) is 0 Å². The summed E-state index contributed by atoms with van der Waals surface area (Å²) < 4.78 is 10.5. The Morgan fingerprint density at radius 3 is 2.34 bits per heavy atom. The molecule has 0 saturated carbocycles. The number of amides is 2. The molecule has 29 heavy (non-hydrogen) atoms. The van der Waals surface area contributed by atoms with E-state index in [1.807, 2.05) is 25.1 Å². The van der Waals surface area contributed by atoms with Gasteiger partial charge in [-0.15, -0.1) is 0 Å². The molecule has 7 heteroatoms. The van der Waals surface area contributed by atoms with E-state index in [0.717, 1.165) is 31.5 Å². The zero-order chi connectivity index (χ0) is 21.4. The highest BCUT2D eigenvalue weighted by molar-refractivity contribution is 5.79. The van der Waals surface area contributed by atoms with Crippen molar-refractivity contribution in [2.24, 2.45) is 11.8 Å². The number of carbonyl (C=O) groups excluding carboxylic acids is 2. The molecule has 1 aromatic rings. The van der Waals surface area contributed by atoms with Gasteiger partial charge in [-0.05, 0) is 56.5 Å². The van der Waals surface area contributed by atoms with Crippen LogP contribution in [-0.4, -0.2) is 56.6 Å². The van der Waals surface area contributed by atoms with Crippen LogP contribution in [0, 0.1) is 11.8 Å². The highest BCUT2D eigenvalue weighted by atomic mass is 16.5. The Bertz CT molecular complexity index is 685. The number of hydrogen-bond donors (Lipinski definition) is 2. The highest BCUT2D eigenvalue weighted by Crippen LogP contribution is 2.27. The minimum atomic E-state index is -0.0175. The first-order valence-corrected chi connectivity index (χ1v) is 10.3. The smallest absolute Gasteiger partial charge is 0.234 e.